The summed E-state index contributed by atoms with van der Waals surface area (Å²) in [6.45, 7) is 2.13. The Kier molecular flexibility index (Phi) is 8.21. The van der Waals surface area contributed by atoms with Crippen molar-refractivity contribution < 1.29 is 4.79 Å². The molecule has 3 aliphatic heterocycles. The summed E-state index contributed by atoms with van der Waals surface area (Å²) in [4.78, 5) is 15.0. The van der Waals surface area contributed by atoms with Gasteiger partial charge in [0.05, 0.1) is 0 Å². The van der Waals surface area contributed by atoms with Gasteiger partial charge in [0.2, 0.25) is 5.91 Å². The van der Waals surface area contributed by atoms with Crippen molar-refractivity contribution in [1.29, 1.82) is 0 Å². The minimum atomic E-state index is 0. The molecule has 3 saturated heterocycles. The van der Waals surface area contributed by atoms with E-state index in [1.165, 1.54) is 24.8 Å². The second kappa shape index (κ2) is 9.93. The number of rotatable bonds is 5. The van der Waals surface area contributed by atoms with Gasteiger partial charge >= 0.3 is 0 Å². The summed E-state index contributed by atoms with van der Waals surface area (Å²) < 4.78 is 0. The van der Waals surface area contributed by atoms with Gasteiger partial charge in [-0.3, -0.25) is 9.69 Å². The molecule has 3 aliphatic rings. The maximum Gasteiger partial charge on any atom is 0.221 e. The van der Waals surface area contributed by atoms with Gasteiger partial charge in [0.15, 0.2) is 0 Å². The van der Waals surface area contributed by atoms with Crippen LogP contribution in [0.15, 0.2) is 30.3 Å². The Hall–Kier alpha value is -0.810. The van der Waals surface area contributed by atoms with E-state index < -0.39 is 0 Å². The van der Waals surface area contributed by atoms with Crippen molar-refractivity contribution in [1.82, 2.24) is 15.5 Å². The molecule has 3 atom stereocenters. The van der Waals surface area contributed by atoms with Crippen LogP contribution in [0.3, 0.4) is 0 Å². The van der Waals surface area contributed by atoms with Gasteiger partial charge in [-0.25, -0.2) is 0 Å². The van der Waals surface area contributed by atoms with Crippen molar-refractivity contribution >= 4 is 30.7 Å². The van der Waals surface area contributed by atoms with Crippen molar-refractivity contribution in [3.8, 4) is 0 Å². The van der Waals surface area contributed by atoms with Crippen molar-refractivity contribution in [2.24, 2.45) is 0 Å². The summed E-state index contributed by atoms with van der Waals surface area (Å²) >= 11 is 0. The third-order valence-electron chi connectivity index (χ3n) is 6.05. The highest BCUT2D eigenvalue weighted by atomic mass is 35.5. The van der Waals surface area contributed by atoms with Crippen LogP contribution in [-0.2, 0) is 11.3 Å². The van der Waals surface area contributed by atoms with Gasteiger partial charge in [-0.2, -0.15) is 0 Å². The fraction of sp³-hybridized carbons (Fsp3) is 0.650. The number of hydrogen-bond acceptors (Lipinski definition) is 3. The molecule has 146 valence electrons. The zero-order valence-corrected chi connectivity index (χ0v) is 16.9. The summed E-state index contributed by atoms with van der Waals surface area (Å²) in [6, 6.07) is 12.8. The third-order valence-corrected chi connectivity index (χ3v) is 6.05. The predicted octanol–water partition coefficient (Wildman–Crippen LogP) is 3.28. The minimum Gasteiger partial charge on any atom is -0.353 e. The second-order valence-electron chi connectivity index (χ2n) is 7.78. The van der Waals surface area contributed by atoms with Gasteiger partial charge < -0.3 is 10.6 Å². The Morgan fingerprint density at radius 2 is 1.77 bits per heavy atom. The van der Waals surface area contributed by atoms with E-state index >= 15 is 0 Å². The van der Waals surface area contributed by atoms with Crippen LogP contribution in [0.25, 0.3) is 0 Å². The van der Waals surface area contributed by atoms with Crippen LogP contribution < -0.4 is 10.6 Å². The molecule has 3 fully saturated rings. The van der Waals surface area contributed by atoms with Gasteiger partial charge in [0.1, 0.15) is 0 Å². The SMILES string of the molecule is Cl.Cl.O=C(CC1CCCN1)NC1CC2CCC(C1)N2Cc1ccccc1. The quantitative estimate of drug-likeness (QED) is 0.798. The largest absolute Gasteiger partial charge is 0.353 e. The van der Waals surface area contributed by atoms with E-state index in [-0.39, 0.29) is 30.7 Å². The first kappa shape index (κ1) is 21.5. The number of amides is 1. The van der Waals surface area contributed by atoms with E-state index in [1.54, 1.807) is 0 Å². The molecule has 1 amide bonds. The maximum absolute atomic E-state index is 12.3. The number of benzene rings is 1. The van der Waals surface area contributed by atoms with Crippen LogP contribution in [0.5, 0.6) is 0 Å². The summed E-state index contributed by atoms with van der Waals surface area (Å²) in [5, 5.41) is 6.75. The lowest BCUT2D eigenvalue weighted by molar-refractivity contribution is -0.122. The summed E-state index contributed by atoms with van der Waals surface area (Å²) in [7, 11) is 0. The topological polar surface area (TPSA) is 44.4 Å². The predicted molar refractivity (Wildman–Crippen MR) is 110 cm³/mol. The summed E-state index contributed by atoms with van der Waals surface area (Å²) in [5.41, 5.74) is 1.41. The van der Waals surface area contributed by atoms with Gasteiger partial charge in [-0.1, -0.05) is 30.3 Å². The Balaban J connectivity index is 0.00000121. The Morgan fingerprint density at radius 1 is 1.08 bits per heavy atom. The molecule has 0 aromatic heterocycles. The Labute approximate surface area is 169 Å². The first-order valence-electron chi connectivity index (χ1n) is 9.60. The number of nitrogens with one attached hydrogen (secondary N) is 2. The fourth-order valence-corrected chi connectivity index (χ4v) is 4.89. The summed E-state index contributed by atoms with van der Waals surface area (Å²) in [6.07, 6.45) is 7.82. The van der Waals surface area contributed by atoms with Crippen molar-refractivity contribution in [2.45, 2.75) is 75.7 Å². The van der Waals surface area contributed by atoms with Crippen molar-refractivity contribution in [3.63, 3.8) is 0 Å². The second-order valence-corrected chi connectivity index (χ2v) is 7.78. The molecule has 3 unspecified atom stereocenters. The van der Waals surface area contributed by atoms with E-state index in [2.05, 4.69) is 45.9 Å². The van der Waals surface area contributed by atoms with Crippen LogP contribution in [0.1, 0.15) is 50.5 Å². The highest BCUT2D eigenvalue weighted by Crippen LogP contribution is 2.36. The van der Waals surface area contributed by atoms with Crippen LogP contribution in [0, 0.1) is 0 Å². The average molecular weight is 400 g/mol. The first-order chi connectivity index (χ1) is 11.8. The van der Waals surface area contributed by atoms with E-state index in [0.29, 0.717) is 30.6 Å². The molecule has 2 bridgehead atoms. The van der Waals surface area contributed by atoms with E-state index in [1.807, 2.05) is 0 Å². The molecule has 3 heterocycles. The van der Waals surface area contributed by atoms with Gasteiger partial charge in [-0.05, 0) is 50.6 Å². The molecule has 4 nitrogen and oxygen atoms in total. The average Bonchev–Trinajstić information content (AvgIpc) is 3.15. The maximum atomic E-state index is 12.3. The lowest BCUT2D eigenvalue weighted by Gasteiger charge is -2.39. The van der Waals surface area contributed by atoms with E-state index in [9.17, 15) is 4.79 Å². The molecule has 2 N–H and O–H groups in total. The number of nitrogens with zero attached hydrogens (tertiary/aromatic N) is 1. The van der Waals surface area contributed by atoms with Gasteiger partial charge in [0, 0.05) is 37.1 Å². The molecule has 1 aromatic rings. The fourth-order valence-electron chi connectivity index (χ4n) is 4.89. The highest BCUT2D eigenvalue weighted by molar-refractivity contribution is 5.85. The first-order valence-corrected chi connectivity index (χ1v) is 9.60. The number of hydrogen-bond donors (Lipinski definition) is 2. The van der Waals surface area contributed by atoms with Crippen LogP contribution in [0.4, 0.5) is 0 Å². The van der Waals surface area contributed by atoms with Gasteiger partial charge in [-0.15, -0.1) is 24.8 Å². The Bertz CT molecular complexity index is 551. The third kappa shape index (κ3) is 5.13. The van der Waals surface area contributed by atoms with E-state index in [0.717, 1.165) is 32.4 Å². The number of piperidine rings is 1. The molecular formula is C20H31Cl2N3O. The lowest BCUT2D eigenvalue weighted by Crippen LogP contribution is -2.50. The molecule has 26 heavy (non-hydrogen) atoms. The number of halogens is 2. The molecule has 6 heteroatoms. The number of carbonyl (C=O) groups excluding carboxylic acids is 1. The molecule has 0 radical (unpaired) electrons. The molecule has 1 aromatic carbocycles. The zero-order valence-electron chi connectivity index (χ0n) is 15.2. The van der Waals surface area contributed by atoms with Gasteiger partial charge in [0.25, 0.3) is 0 Å². The van der Waals surface area contributed by atoms with Crippen molar-refractivity contribution in [3.05, 3.63) is 35.9 Å². The molecule has 0 saturated carbocycles. The smallest absolute Gasteiger partial charge is 0.221 e. The molecule has 0 aliphatic carbocycles. The minimum absolute atomic E-state index is 0. The summed E-state index contributed by atoms with van der Waals surface area (Å²) in [5.74, 6) is 0.246. The Morgan fingerprint density at radius 3 is 2.38 bits per heavy atom. The number of fused-ring (bicyclic) bond motifs is 2. The molecular weight excluding hydrogens is 369 g/mol. The van der Waals surface area contributed by atoms with Crippen molar-refractivity contribution in [2.75, 3.05) is 6.54 Å². The standard InChI is InChI=1S/C20H29N3O.2ClH/c24-20(13-16-7-4-10-21-16)22-17-11-18-8-9-19(12-17)23(18)14-15-5-2-1-3-6-15;;/h1-3,5-6,16-19,21H,4,7-14H2,(H,22,24);2*1H. The van der Waals surface area contributed by atoms with Crippen LogP contribution >= 0.6 is 24.8 Å². The zero-order chi connectivity index (χ0) is 16.4. The normalized spacial score (nSPS) is 30.3. The van der Waals surface area contributed by atoms with E-state index in [4.69, 9.17) is 0 Å². The molecule has 4 rings (SSSR count). The highest BCUT2D eigenvalue weighted by Gasteiger charge is 2.40. The number of carbonyl (C=O) groups is 1. The lowest BCUT2D eigenvalue weighted by atomic mass is 9.96. The molecule has 0 spiro atoms. The van der Waals surface area contributed by atoms with Crippen LogP contribution in [0.2, 0.25) is 0 Å². The van der Waals surface area contributed by atoms with Crippen LogP contribution in [-0.4, -0.2) is 41.5 Å². The monoisotopic (exact) mass is 399 g/mol.